The Balaban J connectivity index is 2.37. The number of methoxy groups -OCH3 is 1. The minimum atomic E-state index is -1.14. The summed E-state index contributed by atoms with van der Waals surface area (Å²) in [5.41, 5.74) is 0.392. The summed E-state index contributed by atoms with van der Waals surface area (Å²) in [4.78, 5) is 24.6. The van der Waals surface area contributed by atoms with Gasteiger partial charge in [0, 0.05) is 5.56 Å². The first-order chi connectivity index (χ1) is 10.4. The second-order valence-corrected chi connectivity index (χ2v) is 6.14. The van der Waals surface area contributed by atoms with Crippen LogP contribution >= 0.6 is 24.0 Å². The Bertz CT molecular complexity index is 686. The molecule has 0 aromatic heterocycles. The van der Waals surface area contributed by atoms with Crippen molar-refractivity contribution >= 4 is 46.3 Å². The van der Waals surface area contributed by atoms with E-state index in [4.69, 9.17) is 22.1 Å². The molecule has 0 spiro atoms. The summed E-state index contributed by atoms with van der Waals surface area (Å²) in [7, 11) is 1.42. The van der Waals surface area contributed by atoms with Crippen LogP contribution in [0.25, 0.3) is 6.08 Å². The lowest BCUT2D eigenvalue weighted by atomic mass is 10.1. The summed E-state index contributed by atoms with van der Waals surface area (Å²) < 4.78 is 5.18. The number of hydrogen-bond acceptors (Lipinski definition) is 6. The van der Waals surface area contributed by atoms with Gasteiger partial charge in [0.2, 0.25) is 0 Å². The van der Waals surface area contributed by atoms with Crippen LogP contribution in [0.3, 0.4) is 0 Å². The van der Waals surface area contributed by atoms with Crippen molar-refractivity contribution in [2.24, 2.45) is 0 Å². The number of phenols is 1. The molecule has 0 radical (unpaired) electrons. The monoisotopic (exact) mass is 339 g/mol. The van der Waals surface area contributed by atoms with Gasteiger partial charge in [-0.3, -0.25) is 9.69 Å². The van der Waals surface area contributed by atoms with Crippen LogP contribution in [0, 0.1) is 0 Å². The highest BCUT2D eigenvalue weighted by molar-refractivity contribution is 8.26. The van der Waals surface area contributed by atoms with Crippen LogP contribution in [0.2, 0.25) is 0 Å². The van der Waals surface area contributed by atoms with E-state index in [-0.39, 0.29) is 20.7 Å². The molecule has 2 N–H and O–H groups in total. The van der Waals surface area contributed by atoms with Crippen LogP contribution in [0.4, 0.5) is 0 Å². The van der Waals surface area contributed by atoms with Gasteiger partial charge < -0.3 is 14.9 Å². The highest BCUT2D eigenvalue weighted by Crippen LogP contribution is 2.37. The van der Waals surface area contributed by atoms with Crippen molar-refractivity contribution in [3.05, 3.63) is 28.7 Å². The molecule has 1 aliphatic heterocycles. The number of thiocarbonyl (C=S) groups is 1. The number of ether oxygens (including phenoxy) is 1. The van der Waals surface area contributed by atoms with Crippen LogP contribution in [0.5, 0.6) is 11.5 Å². The van der Waals surface area contributed by atoms with Crippen LogP contribution in [0.15, 0.2) is 23.1 Å². The molecule has 6 nitrogen and oxygen atoms in total. The fourth-order valence-corrected chi connectivity index (χ4v) is 3.30. The molecule has 1 aliphatic rings. The van der Waals surface area contributed by atoms with E-state index in [2.05, 4.69) is 0 Å². The van der Waals surface area contributed by atoms with Crippen LogP contribution < -0.4 is 4.74 Å². The maximum atomic E-state index is 12.3. The van der Waals surface area contributed by atoms with Gasteiger partial charge in [-0.15, -0.1) is 0 Å². The fraction of sp³-hybridized carbons (Fsp3) is 0.214. The number of carboxylic acid groups (broad SMARTS) is 1. The first kappa shape index (κ1) is 16.3. The maximum Gasteiger partial charge on any atom is 0.326 e. The second-order valence-electron chi connectivity index (χ2n) is 4.46. The van der Waals surface area contributed by atoms with E-state index in [1.807, 2.05) is 0 Å². The van der Waals surface area contributed by atoms with E-state index in [1.165, 1.54) is 20.1 Å². The molecule has 1 heterocycles. The number of aromatic hydroxyl groups is 1. The third-order valence-electron chi connectivity index (χ3n) is 3.10. The third-order valence-corrected chi connectivity index (χ3v) is 4.44. The highest BCUT2D eigenvalue weighted by Gasteiger charge is 2.38. The van der Waals surface area contributed by atoms with Gasteiger partial charge in [-0.05, 0) is 19.1 Å². The topological polar surface area (TPSA) is 87.1 Å². The van der Waals surface area contributed by atoms with E-state index >= 15 is 0 Å². The van der Waals surface area contributed by atoms with Crippen LogP contribution in [-0.2, 0) is 9.59 Å². The molecule has 1 aromatic rings. The van der Waals surface area contributed by atoms with Gasteiger partial charge in [0.25, 0.3) is 5.91 Å². The van der Waals surface area contributed by atoms with Crippen molar-refractivity contribution in [1.82, 2.24) is 4.90 Å². The van der Waals surface area contributed by atoms with Gasteiger partial charge >= 0.3 is 5.97 Å². The van der Waals surface area contributed by atoms with Crippen molar-refractivity contribution in [3.8, 4) is 11.5 Å². The highest BCUT2D eigenvalue weighted by atomic mass is 32.2. The molecule has 0 unspecified atom stereocenters. The SMILES string of the molecule is COc1cccc(/C=C2\SC(=S)N([C@H](C)C(=O)O)C2=O)c1O. The molecular formula is C14H13NO5S2. The molecule has 116 valence electrons. The minimum absolute atomic E-state index is 0.0958. The number of para-hydroxylation sites is 1. The number of aliphatic carboxylic acids is 1. The molecule has 1 amide bonds. The van der Waals surface area contributed by atoms with E-state index in [0.29, 0.717) is 5.56 Å². The van der Waals surface area contributed by atoms with Gasteiger partial charge in [0.1, 0.15) is 10.4 Å². The minimum Gasteiger partial charge on any atom is -0.504 e. The second kappa shape index (κ2) is 6.37. The molecule has 2 rings (SSSR count). The average Bonchev–Trinajstić information content (AvgIpc) is 2.75. The lowest BCUT2D eigenvalue weighted by Gasteiger charge is -2.18. The first-order valence-corrected chi connectivity index (χ1v) is 7.45. The van der Waals surface area contributed by atoms with E-state index in [9.17, 15) is 14.7 Å². The Hall–Kier alpha value is -2.06. The zero-order valence-electron chi connectivity index (χ0n) is 11.8. The van der Waals surface area contributed by atoms with Crippen LogP contribution in [0.1, 0.15) is 12.5 Å². The molecule has 8 heteroatoms. The fourth-order valence-electron chi connectivity index (χ4n) is 1.89. The van der Waals surface area contributed by atoms with Crippen molar-refractivity contribution in [1.29, 1.82) is 0 Å². The largest absolute Gasteiger partial charge is 0.504 e. The van der Waals surface area contributed by atoms with Crippen molar-refractivity contribution in [3.63, 3.8) is 0 Å². The Morgan fingerprint density at radius 3 is 2.77 bits per heavy atom. The zero-order chi connectivity index (χ0) is 16.4. The smallest absolute Gasteiger partial charge is 0.326 e. The predicted molar refractivity (Wildman–Crippen MR) is 86.8 cm³/mol. The summed E-state index contributed by atoms with van der Waals surface area (Å²) in [6, 6.07) is 3.83. The van der Waals surface area contributed by atoms with Gasteiger partial charge in [-0.1, -0.05) is 36.1 Å². The molecule has 0 aliphatic carbocycles. The normalized spacial score (nSPS) is 17.9. The number of amides is 1. The lowest BCUT2D eigenvalue weighted by molar-refractivity contribution is -0.144. The number of phenolic OH excluding ortho intramolecular Hbond substituents is 1. The average molecular weight is 339 g/mol. The molecule has 1 atom stereocenters. The molecule has 22 heavy (non-hydrogen) atoms. The Morgan fingerprint density at radius 2 is 2.18 bits per heavy atom. The third kappa shape index (κ3) is 2.93. The quantitative estimate of drug-likeness (QED) is 0.641. The van der Waals surface area contributed by atoms with Gasteiger partial charge in [-0.25, -0.2) is 4.79 Å². The Kier molecular flexibility index (Phi) is 4.72. The summed E-state index contributed by atoms with van der Waals surface area (Å²) >= 11 is 6.06. The van der Waals surface area contributed by atoms with Crippen molar-refractivity contribution in [2.75, 3.05) is 7.11 Å². The molecular weight excluding hydrogens is 326 g/mol. The standard InChI is InChI=1S/C14H13NO5S2/c1-7(13(18)19)15-12(17)10(22-14(15)21)6-8-4-3-5-9(20-2)11(8)16/h3-7,16H,1-2H3,(H,18,19)/b10-6-/t7-/m1/s1. The van der Waals surface area contributed by atoms with E-state index in [1.54, 1.807) is 18.2 Å². The van der Waals surface area contributed by atoms with Crippen molar-refractivity contribution in [2.45, 2.75) is 13.0 Å². The van der Waals surface area contributed by atoms with Gasteiger partial charge in [-0.2, -0.15) is 0 Å². The molecule has 1 fully saturated rings. The van der Waals surface area contributed by atoms with E-state index < -0.39 is 17.9 Å². The number of rotatable bonds is 4. The van der Waals surface area contributed by atoms with Gasteiger partial charge in [0.15, 0.2) is 11.5 Å². The maximum absolute atomic E-state index is 12.3. The summed E-state index contributed by atoms with van der Waals surface area (Å²) in [5.74, 6) is -1.45. The van der Waals surface area contributed by atoms with E-state index in [0.717, 1.165) is 16.7 Å². The number of thioether (sulfide) groups is 1. The number of benzene rings is 1. The number of hydrogen-bond donors (Lipinski definition) is 2. The van der Waals surface area contributed by atoms with Gasteiger partial charge in [0.05, 0.1) is 12.0 Å². The zero-order valence-corrected chi connectivity index (χ0v) is 13.4. The summed E-state index contributed by atoms with van der Waals surface area (Å²) in [6.07, 6.45) is 1.46. The lowest BCUT2D eigenvalue weighted by Crippen LogP contribution is -2.41. The molecule has 1 aromatic carbocycles. The summed E-state index contributed by atoms with van der Waals surface area (Å²) in [6.45, 7) is 1.39. The van der Waals surface area contributed by atoms with Crippen molar-refractivity contribution < 1.29 is 24.5 Å². The van der Waals surface area contributed by atoms with Crippen LogP contribution in [-0.4, -0.2) is 44.5 Å². The summed E-state index contributed by atoms with van der Waals surface area (Å²) in [5, 5.41) is 19.1. The molecule has 0 bridgehead atoms. The number of carboxylic acids is 1. The first-order valence-electron chi connectivity index (χ1n) is 6.22. The number of carbonyl (C=O) groups is 2. The molecule has 0 saturated carbocycles. The predicted octanol–water partition coefficient (Wildman–Crippen LogP) is 2.08. The number of nitrogens with zero attached hydrogens (tertiary/aromatic N) is 1. The molecule has 1 saturated heterocycles. The Morgan fingerprint density at radius 1 is 1.50 bits per heavy atom. The number of carbonyl (C=O) groups excluding carboxylic acids is 1. The Labute approximate surface area is 136 Å².